The highest BCUT2D eigenvalue weighted by Crippen LogP contribution is 2.22. The number of halogens is 1. The Morgan fingerprint density at radius 3 is 2.56 bits per heavy atom. The predicted octanol–water partition coefficient (Wildman–Crippen LogP) is 3.85. The second-order valence-corrected chi connectivity index (χ2v) is 8.50. The molecule has 0 atom stereocenters. The fourth-order valence-electron chi connectivity index (χ4n) is 4.03. The number of rotatable bonds is 7. The van der Waals surface area contributed by atoms with Crippen molar-refractivity contribution in [1.82, 2.24) is 15.1 Å². The van der Waals surface area contributed by atoms with Crippen LogP contribution in [0.3, 0.4) is 0 Å². The number of amides is 1. The van der Waals surface area contributed by atoms with E-state index in [1.54, 1.807) is 30.3 Å². The Morgan fingerprint density at radius 2 is 1.81 bits per heavy atom. The highest BCUT2D eigenvalue weighted by atomic mass is 35.5. The Hall–Kier alpha value is -3.12. The van der Waals surface area contributed by atoms with E-state index < -0.39 is 0 Å². The number of hydrogen-bond acceptors (Lipinski definition) is 4. The molecule has 2 heterocycles. The molecule has 1 amide bonds. The molecule has 166 valence electrons. The lowest BCUT2D eigenvalue weighted by Gasteiger charge is -2.32. The molecule has 1 fully saturated rings. The lowest BCUT2D eigenvalue weighted by Crippen LogP contribution is -2.41. The summed E-state index contributed by atoms with van der Waals surface area (Å²) in [5.74, 6) is 0.877. The Morgan fingerprint density at radius 1 is 1.03 bits per heavy atom. The van der Waals surface area contributed by atoms with E-state index in [0.29, 0.717) is 17.3 Å². The molecule has 1 saturated heterocycles. The maximum Gasteiger partial charge on any atom is 0.271 e. The van der Waals surface area contributed by atoms with E-state index in [9.17, 15) is 9.59 Å². The topological polar surface area (TPSA) is 67.2 Å². The molecular formula is C25H27ClN4O2. The van der Waals surface area contributed by atoms with Crippen molar-refractivity contribution in [3.8, 4) is 5.69 Å². The lowest BCUT2D eigenvalue weighted by atomic mass is 9.96. The summed E-state index contributed by atoms with van der Waals surface area (Å²) in [5, 5.41) is 8.18. The second-order valence-electron chi connectivity index (χ2n) is 8.06. The van der Waals surface area contributed by atoms with Crippen molar-refractivity contribution in [3.63, 3.8) is 0 Å². The molecule has 1 aliphatic heterocycles. The van der Waals surface area contributed by atoms with E-state index in [1.807, 2.05) is 18.2 Å². The monoisotopic (exact) mass is 450 g/mol. The molecule has 4 rings (SSSR count). The normalized spacial score (nSPS) is 14.3. The van der Waals surface area contributed by atoms with Gasteiger partial charge in [-0.25, -0.2) is 0 Å². The van der Waals surface area contributed by atoms with Crippen molar-refractivity contribution >= 4 is 23.3 Å². The molecule has 2 aromatic carbocycles. The van der Waals surface area contributed by atoms with E-state index in [-0.39, 0.29) is 17.4 Å². The van der Waals surface area contributed by atoms with Crippen LogP contribution in [0.25, 0.3) is 5.69 Å². The van der Waals surface area contributed by atoms with Gasteiger partial charge in [0.1, 0.15) is 5.82 Å². The number of anilines is 1. The first-order valence-corrected chi connectivity index (χ1v) is 11.4. The molecule has 1 aromatic heterocycles. The van der Waals surface area contributed by atoms with E-state index in [4.69, 9.17) is 11.6 Å². The summed E-state index contributed by atoms with van der Waals surface area (Å²) in [4.78, 5) is 27.0. The van der Waals surface area contributed by atoms with Gasteiger partial charge in [0.15, 0.2) is 0 Å². The van der Waals surface area contributed by atoms with Crippen molar-refractivity contribution in [2.75, 3.05) is 24.5 Å². The van der Waals surface area contributed by atoms with Crippen molar-refractivity contribution in [2.24, 2.45) is 5.92 Å². The quantitative estimate of drug-likeness (QED) is 0.555. The van der Waals surface area contributed by atoms with Crippen LogP contribution < -0.4 is 15.8 Å². The third-order valence-electron chi connectivity index (χ3n) is 5.81. The van der Waals surface area contributed by atoms with E-state index in [0.717, 1.165) is 44.6 Å². The summed E-state index contributed by atoms with van der Waals surface area (Å²) < 4.78 is 1.37. The molecule has 1 aliphatic rings. The maximum atomic E-state index is 12.6. The van der Waals surface area contributed by atoms with Crippen LogP contribution in [-0.2, 0) is 11.2 Å². The number of hydrogen-bond donors (Lipinski definition) is 1. The molecule has 1 N–H and O–H groups in total. The van der Waals surface area contributed by atoms with Crippen LogP contribution >= 0.6 is 11.6 Å². The average molecular weight is 451 g/mol. The summed E-state index contributed by atoms with van der Waals surface area (Å²) in [6, 6.07) is 20.7. The van der Waals surface area contributed by atoms with Gasteiger partial charge in [0.25, 0.3) is 5.56 Å². The van der Waals surface area contributed by atoms with Gasteiger partial charge in [0.2, 0.25) is 5.91 Å². The zero-order chi connectivity index (χ0) is 22.3. The zero-order valence-corrected chi connectivity index (χ0v) is 18.7. The van der Waals surface area contributed by atoms with Gasteiger partial charge in [-0.15, -0.1) is 5.10 Å². The number of carbonyl (C=O) groups excluding carboxylic acids is 1. The average Bonchev–Trinajstić information content (AvgIpc) is 2.83. The summed E-state index contributed by atoms with van der Waals surface area (Å²) >= 11 is 6.07. The van der Waals surface area contributed by atoms with Crippen LogP contribution in [0.5, 0.6) is 0 Å². The third-order valence-corrected chi connectivity index (χ3v) is 6.05. The number of aromatic nitrogens is 2. The van der Waals surface area contributed by atoms with Crippen molar-refractivity contribution in [3.05, 3.63) is 87.7 Å². The highest BCUT2D eigenvalue weighted by molar-refractivity contribution is 6.30. The van der Waals surface area contributed by atoms with Crippen LogP contribution in [0.4, 0.5) is 5.82 Å². The van der Waals surface area contributed by atoms with E-state index >= 15 is 0 Å². The molecule has 32 heavy (non-hydrogen) atoms. The van der Waals surface area contributed by atoms with Crippen molar-refractivity contribution in [1.29, 1.82) is 0 Å². The fraction of sp³-hybridized carbons (Fsp3) is 0.320. The zero-order valence-electron chi connectivity index (χ0n) is 17.9. The minimum atomic E-state index is -0.208. The first kappa shape index (κ1) is 22.1. The van der Waals surface area contributed by atoms with Crippen LogP contribution in [0.1, 0.15) is 24.8 Å². The minimum absolute atomic E-state index is 0.0156. The SMILES string of the molecule is O=C(NCCCc1ccccc1)C1CCN(c2ccc(=O)n(-c3cccc(Cl)c3)n2)CC1. The van der Waals surface area contributed by atoms with Gasteiger partial charge < -0.3 is 10.2 Å². The van der Waals surface area contributed by atoms with Gasteiger partial charge in [-0.05, 0) is 55.5 Å². The number of nitrogens with zero attached hydrogens (tertiary/aromatic N) is 3. The van der Waals surface area contributed by atoms with Crippen LogP contribution in [0, 0.1) is 5.92 Å². The largest absolute Gasteiger partial charge is 0.356 e. The van der Waals surface area contributed by atoms with Gasteiger partial charge >= 0.3 is 0 Å². The number of piperidine rings is 1. The molecule has 0 radical (unpaired) electrons. The van der Waals surface area contributed by atoms with E-state index in [2.05, 4.69) is 27.4 Å². The van der Waals surface area contributed by atoms with Gasteiger partial charge in [-0.2, -0.15) is 4.68 Å². The lowest BCUT2D eigenvalue weighted by molar-refractivity contribution is -0.125. The molecular weight excluding hydrogens is 424 g/mol. The number of benzene rings is 2. The Bertz CT molecular complexity index is 1110. The molecule has 0 saturated carbocycles. The first-order chi connectivity index (χ1) is 15.6. The number of nitrogens with one attached hydrogen (secondary N) is 1. The number of aryl methyl sites for hydroxylation is 1. The molecule has 0 aliphatic carbocycles. The first-order valence-electron chi connectivity index (χ1n) is 11.0. The van der Waals surface area contributed by atoms with Gasteiger partial charge in [0, 0.05) is 36.6 Å². The summed E-state index contributed by atoms with van der Waals surface area (Å²) in [6.07, 6.45) is 3.43. The van der Waals surface area contributed by atoms with Gasteiger partial charge in [-0.1, -0.05) is 48.0 Å². The Kier molecular flexibility index (Phi) is 7.22. The van der Waals surface area contributed by atoms with Crippen LogP contribution in [0.2, 0.25) is 5.02 Å². The standard InChI is InChI=1S/C25H27ClN4O2/c26-21-9-4-10-22(18-21)30-24(31)12-11-23(28-30)29-16-13-20(14-17-29)25(32)27-15-5-8-19-6-2-1-3-7-19/h1-4,6-7,9-12,18,20H,5,8,13-17H2,(H,27,32). The smallest absolute Gasteiger partial charge is 0.271 e. The van der Waals surface area contributed by atoms with Gasteiger partial charge in [0.05, 0.1) is 5.69 Å². The molecule has 0 spiro atoms. The molecule has 6 nitrogen and oxygen atoms in total. The molecule has 7 heteroatoms. The molecule has 0 bridgehead atoms. The van der Waals surface area contributed by atoms with Crippen LogP contribution in [-0.4, -0.2) is 35.3 Å². The fourth-order valence-corrected chi connectivity index (χ4v) is 4.21. The summed E-state index contributed by atoms with van der Waals surface area (Å²) in [5.41, 5.74) is 1.72. The van der Waals surface area contributed by atoms with Crippen molar-refractivity contribution < 1.29 is 4.79 Å². The predicted molar refractivity (Wildman–Crippen MR) is 128 cm³/mol. The van der Waals surface area contributed by atoms with Gasteiger partial charge in [-0.3, -0.25) is 9.59 Å². The molecule has 0 unspecified atom stereocenters. The van der Waals surface area contributed by atoms with Crippen molar-refractivity contribution in [2.45, 2.75) is 25.7 Å². The highest BCUT2D eigenvalue weighted by Gasteiger charge is 2.25. The molecule has 3 aromatic rings. The maximum absolute atomic E-state index is 12.6. The third kappa shape index (κ3) is 5.56. The summed E-state index contributed by atoms with van der Waals surface area (Å²) in [7, 11) is 0. The second kappa shape index (κ2) is 10.5. The number of carbonyl (C=O) groups is 1. The van der Waals surface area contributed by atoms with Crippen LogP contribution in [0.15, 0.2) is 71.5 Å². The Labute approximate surface area is 192 Å². The Balaban J connectivity index is 1.29. The minimum Gasteiger partial charge on any atom is -0.356 e. The summed E-state index contributed by atoms with van der Waals surface area (Å²) in [6.45, 7) is 2.14. The van der Waals surface area contributed by atoms with E-state index in [1.165, 1.54) is 16.3 Å².